The van der Waals surface area contributed by atoms with Gasteiger partial charge in [0, 0.05) is 11.1 Å². The fourth-order valence-electron chi connectivity index (χ4n) is 3.48. The normalized spacial score (nSPS) is 24.6. The third-order valence-corrected chi connectivity index (χ3v) is 5.25. The van der Waals surface area contributed by atoms with Crippen LogP contribution in [0.3, 0.4) is 0 Å². The molecule has 0 radical (unpaired) electrons. The maximum atomic E-state index is 6.44. The summed E-state index contributed by atoms with van der Waals surface area (Å²) in [6, 6.07) is 8.37. The molecule has 1 aliphatic rings. The Morgan fingerprint density at radius 3 is 2.55 bits per heavy atom. The van der Waals surface area contributed by atoms with Crippen LogP contribution in [0.15, 0.2) is 24.3 Å². The van der Waals surface area contributed by atoms with Crippen molar-refractivity contribution < 1.29 is 0 Å². The molecule has 0 aromatic heterocycles. The van der Waals surface area contributed by atoms with Gasteiger partial charge >= 0.3 is 0 Å². The Labute approximate surface area is 128 Å². The number of rotatable bonds is 6. The van der Waals surface area contributed by atoms with Gasteiger partial charge in [0.05, 0.1) is 0 Å². The summed E-state index contributed by atoms with van der Waals surface area (Å²) in [5, 5.41) is 0.861. The van der Waals surface area contributed by atoms with E-state index in [9.17, 15) is 0 Å². The van der Waals surface area contributed by atoms with E-state index >= 15 is 0 Å². The maximum absolute atomic E-state index is 6.44. The Morgan fingerprint density at radius 1 is 1.20 bits per heavy atom. The molecule has 0 spiro atoms. The summed E-state index contributed by atoms with van der Waals surface area (Å²) < 4.78 is 0. The van der Waals surface area contributed by atoms with Crippen LogP contribution < -0.4 is 5.73 Å². The highest BCUT2D eigenvalue weighted by atomic mass is 35.5. The highest BCUT2D eigenvalue weighted by Gasteiger charge is 2.25. The third-order valence-electron chi connectivity index (χ3n) is 4.88. The van der Waals surface area contributed by atoms with E-state index in [1.54, 1.807) is 0 Å². The predicted molar refractivity (Wildman–Crippen MR) is 88.1 cm³/mol. The molecule has 1 aliphatic carbocycles. The number of benzene rings is 1. The number of unbranched alkanes of at least 4 members (excludes halogenated alkanes) is 1. The Balaban J connectivity index is 1.80. The van der Waals surface area contributed by atoms with Crippen LogP contribution in [0, 0.1) is 11.8 Å². The Morgan fingerprint density at radius 2 is 1.90 bits per heavy atom. The van der Waals surface area contributed by atoms with Crippen molar-refractivity contribution in [3.8, 4) is 0 Å². The largest absolute Gasteiger partial charge is 0.327 e. The molecule has 2 N–H and O–H groups in total. The first-order valence-electron chi connectivity index (χ1n) is 8.19. The highest BCUT2D eigenvalue weighted by Crippen LogP contribution is 2.34. The summed E-state index contributed by atoms with van der Waals surface area (Å²) in [5.41, 5.74) is 7.64. The summed E-state index contributed by atoms with van der Waals surface area (Å²) in [6.07, 6.45) is 10.4. The van der Waals surface area contributed by atoms with Crippen molar-refractivity contribution in [2.45, 2.75) is 64.3 Å². The first-order valence-corrected chi connectivity index (χ1v) is 8.57. The second-order valence-corrected chi connectivity index (χ2v) is 6.79. The summed E-state index contributed by atoms with van der Waals surface area (Å²) in [5.74, 6) is 1.64. The molecule has 1 unspecified atom stereocenters. The first-order chi connectivity index (χ1) is 9.70. The van der Waals surface area contributed by atoms with Crippen molar-refractivity contribution in [3.63, 3.8) is 0 Å². The average molecular weight is 294 g/mol. The summed E-state index contributed by atoms with van der Waals surface area (Å²) in [6.45, 7) is 2.28. The number of hydrogen-bond acceptors (Lipinski definition) is 1. The van der Waals surface area contributed by atoms with Crippen LogP contribution in [0.5, 0.6) is 0 Å². The monoisotopic (exact) mass is 293 g/mol. The van der Waals surface area contributed by atoms with Gasteiger partial charge in [-0.15, -0.1) is 0 Å². The molecule has 0 aliphatic heterocycles. The van der Waals surface area contributed by atoms with Crippen molar-refractivity contribution in [1.29, 1.82) is 0 Å². The summed E-state index contributed by atoms with van der Waals surface area (Å²) in [4.78, 5) is 0. The van der Waals surface area contributed by atoms with Crippen LogP contribution in [0.2, 0.25) is 5.02 Å². The van der Waals surface area contributed by atoms with Gasteiger partial charge < -0.3 is 5.73 Å². The smallest absolute Gasteiger partial charge is 0.0438 e. The second-order valence-electron chi connectivity index (χ2n) is 6.38. The van der Waals surface area contributed by atoms with Gasteiger partial charge in [-0.25, -0.2) is 0 Å². The van der Waals surface area contributed by atoms with Crippen LogP contribution in [-0.4, -0.2) is 6.04 Å². The lowest BCUT2D eigenvalue weighted by molar-refractivity contribution is 0.231. The van der Waals surface area contributed by atoms with E-state index in [0.29, 0.717) is 5.92 Å². The molecule has 1 fully saturated rings. The molecular weight excluding hydrogens is 266 g/mol. The zero-order chi connectivity index (χ0) is 14.4. The van der Waals surface area contributed by atoms with Crippen molar-refractivity contribution in [3.05, 3.63) is 34.9 Å². The number of halogens is 1. The van der Waals surface area contributed by atoms with Crippen molar-refractivity contribution >= 4 is 11.6 Å². The molecule has 0 heterocycles. The van der Waals surface area contributed by atoms with Crippen molar-refractivity contribution in [2.75, 3.05) is 0 Å². The molecule has 1 nitrogen and oxygen atoms in total. The molecule has 1 aromatic carbocycles. The molecule has 20 heavy (non-hydrogen) atoms. The second kappa shape index (κ2) is 8.05. The van der Waals surface area contributed by atoms with Gasteiger partial charge in [0.2, 0.25) is 0 Å². The minimum absolute atomic E-state index is 0.266. The van der Waals surface area contributed by atoms with Gasteiger partial charge in [0.25, 0.3) is 0 Å². The van der Waals surface area contributed by atoms with E-state index in [-0.39, 0.29) is 6.04 Å². The molecule has 2 rings (SSSR count). The molecule has 2 heteroatoms. The molecular formula is C18H28ClN. The molecule has 0 saturated heterocycles. The SMILES string of the molecule is CCCCC1CCC(C(N)Cc2ccccc2Cl)CC1. The van der Waals surface area contributed by atoms with Gasteiger partial charge in [-0.1, -0.05) is 68.8 Å². The molecule has 0 amide bonds. The summed E-state index contributed by atoms with van der Waals surface area (Å²) >= 11 is 6.23. The molecule has 1 atom stereocenters. The van der Waals surface area contributed by atoms with E-state index in [2.05, 4.69) is 19.1 Å². The lowest BCUT2D eigenvalue weighted by atomic mass is 9.76. The lowest BCUT2D eigenvalue weighted by Crippen LogP contribution is -2.35. The van der Waals surface area contributed by atoms with Crippen LogP contribution in [0.1, 0.15) is 57.4 Å². The fraction of sp³-hybridized carbons (Fsp3) is 0.667. The maximum Gasteiger partial charge on any atom is 0.0438 e. The quantitative estimate of drug-likeness (QED) is 0.766. The minimum atomic E-state index is 0.266. The number of nitrogens with two attached hydrogens (primary N) is 1. The minimum Gasteiger partial charge on any atom is -0.327 e. The molecule has 1 saturated carbocycles. The first kappa shape index (κ1) is 15.9. The van der Waals surface area contributed by atoms with E-state index in [1.807, 2.05) is 12.1 Å². The standard InChI is InChI=1S/C18H28ClN/c1-2-3-6-14-9-11-15(12-10-14)18(20)13-16-7-4-5-8-17(16)19/h4-5,7-8,14-15,18H,2-3,6,9-13,20H2,1H3. The van der Waals surface area contributed by atoms with Crippen molar-refractivity contribution in [2.24, 2.45) is 17.6 Å². The Kier molecular flexibility index (Phi) is 6.38. The van der Waals surface area contributed by atoms with E-state index < -0.39 is 0 Å². The van der Waals surface area contributed by atoms with Gasteiger partial charge in [-0.05, 0) is 42.7 Å². The molecule has 1 aromatic rings. The average Bonchev–Trinajstić information content (AvgIpc) is 2.48. The van der Waals surface area contributed by atoms with E-state index in [0.717, 1.165) is 17.4 Å². The van der Waals surface area contributed by atoms with Gasteiger partial charge in [0.15, 0.2) is 0 Å². The topological polar surface area (TPSA) is 26.0 Å². The van der Waals surface area contributed by atoms with Gasteiger partial charge in [-0.2, -0.15) is 0 Å². The predicted octanol–water partition coefficient (Wildman–Crippen LogP) is 5.21. The molecule has 112 valence electrons. The van der Waals surface area contributed by atoms with Crippen LogP contribution >= 0.6 is 11.6 Å². The van der Waals surface area contributed by atoms with Crippen LogP contribution in [-0.2, 0) is 6.42 Å². The van der Waals surface area contributed by atoms with Gasteiger partial charge in [-0.3, -0.25) is 0 Å². The molecule has 0 bridgehead atoms. The highest BCUT2D eigenvalue weighted by molar-refractivity contribution is 6.31. The third kappa shape index (κ3) is 4.49. The summed E-state index contributed by atoms with van der Waals surface area (Å²) in [7, 11) is 0. The van der Waals surface area contributed by atoms with Crippen LogP contribution in [0.25, 0.3) is 0 Å². The number of hydrogen-bond donors (Lipinski definition) is 1. The zero-order valence-corrected chi connectivity index (χ0v) is 13.4. The van der Waals surface area contributed by atoms with Gasteiger partial charge in [0.1, 0.15) is 0 Å². The fourth-order valence-corrected chi connectivity index (χ4v) is 3.70. The van der Waals surface area contributed by atoms with Crippen LogP contribution in [0.4, 0.5) is 0 Å². The van der Waals surface area contributed by atoms with E-state index in [4.69, 9.17) is 17.3 Å². The lowest BCUT2D eigenvalue weighted by Gasteiger charge is -2.32. The van der Waals surface area contributed by atoms with E-state index in [1.165, 1.54) is 50.5 Å². The Bertz CT molecular complexity index is 396. The Hall–Kier alpha value is -0.530. The van der Waals surface area contributed by atoms with Crippen molar-refractivity contribution in [1.82, 2.24) is 0 Å². The zero-order valence-electron chi connectivity index (χ0n) is 12.7.